The molecule has 0 aliphatic carbocycles. The zero-order valence-corrected chi connectivity index (χ0v) is 9.46. The Hall–Kier alpha value is -0.720. The average Bonchev–Trinajstić information content (AvgIpc) is 2.45. The van der Waals surface area contributed by atoms with Gasteiger partial charge in [0.1, 0.15) is 0 Å². The molecule has 7 heteroatoms. The standard InChI is InChI=1S/C8H12F3N3S/c1-7(2,3)4-15-6-12-5(13-14-6)8(9,10)11/h4H2,1-3H3,(H,12,13,14). The number of aromatic nitrogens is 3. The van der Waals surface area contributed by atoms with Crippen molar-refractivity contribution in [2.24, 2.45) is 5.41 Å². The second-order valence-corrected chi connectivity index (χ2v) is 5.26. The molecule has 0 saturated carbocycles. The van der Waals surface area contributed by atoms with Crippen LogP contribution in [0, 0.1) is 5.41 Å². The first kappa shape index (κ1) is 12.4. The number of hydrogen-bond acceptors (Lipinski definition) is 3. The van der Waals surface area contributed by atoms with Crippen LogP contribution in [0.15, 0.2) is 5.16 Å². The molecule has 0 amide bonds. The highest BCUT2D eigenvalue weighted by molar-refractivity contribution is 7.99. The molecule has 1 aromatic rings. The lowest BCUT2D eigenvalue weighted by Crippen LogP contribution is -2.08. The summed E-state index contributed by atoms with van der Waals surface area (Å²) in [5.41, 5.74) is 0.0314. The van der Waals surface area contributed by atoms with Crippen molar-refractivity contribution in [2.75, 3.05) is 5.75 Å². The van der Waals surface area contributed by atoms with Gasteiger partial charge < -0.3 is 0 Å². The zero-order valence-electron chi connectivity index (χ0n) is 8.64. The number of nitrogens with zero attached hydrogens (tertiary/aromatic N) is 2. The van der Waals surface area contributed by atoms with Crippen molar-refractivity contribution in [1.29, 1.82) is 0 Å². The van der Waals surface area contributed by atoms with E-state index in [4.69, 9.17) is 0 Å². The zero-order chi connectivity index (χ0) is 11.7. The van der Waals surface area contributed by atoms with Crippen molar-refractivity contribution in [3.05, 3.63) is 5.82 Å². The number of H-pyrrole nitrogens is 1. The molecular weight excluding hydrogens is 227 g/mol. The van der Waals surface area contributed by atoms with Crippen LogP contribution in [0.1, 0.15) is 26.6 Å². The average molecular weight is 239 g/mol. The van der Waals surface area contributed by atoms with Gasteiger partial charge in [0.05, 0.1) is 0 Å². The number of aromatic amines is 1. The fraction of sp³-hybridized carbons (Fsp3) is 0.750. The molecule has 1 N–H and O–H groups in total. The number of halogens is 3. The highest BCUT2D eigenvalue weighted by Gasteiger charge is 2.35. The maximum atomic E-state index is 12.1. The molecule has 0 aliphatic heterocycles. The van der Waals surface area contributed by atoms with Crippen LogP contribution in [0.5, 0.6) is 0 Å². The maximum absolute atomic E-state index is 12.1. The summed E-state index contributed by atoms with van der Waals surface area (Å²) < 4.78 is 36.4. The van der Waals surface area contributed by atoms with Crippen LogP contribution in [-0.4, -0.2) is 20.9 Å². The summed E-state index contributed by atoms with van der Waals surface area (Å²) in [6.45, 7) is 5.99. The molecule has 0 atom stereocenters. The molecule has 0 spiro atoms. The van der Waals surface area contributed by atoms with Gasteiger partial charge in [-0.2, -0.15) is 18.2 Å². The van der Waals surface area contributed by atoms with E-state index < -0.39 is 12.0 Å². The normalized spacial score (nSPS) is 13.2. The second kappa shape index (κ2) is 4.03. The van der Waals surface area contributed by atoms with Gasteiger partial charge in [-0.3, -0.25) is 5.10 Å². The lowest BCUT2D eigenvalue weighted by Gasteiger charge is -2.15. The van der Waals surface area contributed by atoms with E-state index in [-0.39, 0.29) is 10.6 Å². The molecule has 0 aliphatic rings. The van der Waals surface area contributed by atoms with E-state index in [2.05, 4.69) is 10.1 Å². The highest BCUT2D eigenvalue weighted by Crippen LogP contribution is 2.29. The summed E-state index contributed by atoms with van der Waals surface area (Å²) in [6, 6.07) is 0. The minimum Gasteiger partial charge on any atom is -0.254 e. The Bertz CT molecular complexity index is 327. The Morgan fingerprint density at radius 1 is 1.27 bits per heavy atom. The Labute approximate surface area is 89.9 Å². The summed E-state index contributed by atoms with van der Waals surface area (Å²) >= 11 is 1.21. The van der Waals surface area contributed by atoms with Gasteiger partial charge in [0.25, 0.3) is 0 Å². The first-order valence-corrected chi connectivity index (χ1v) is 5.29. The van der Waals surface area contributed by atoms with Gasteiger partial charge in [0, 0.05) is 5.75 Å². The minimum absolute atomic E-state index is 0.0314. The molecule has 0 bridgehead atoms. The molecule has 0 saturated heterocycles. The molecule has 0 radical (unpaired) electrons. The topological polar surface area (TPSA) is 41.6 Å². The molecule has 1 heterocycles. The summed E-state index contributed by atoms with van der Waals surface area (Å²) in [5, 5.41) is 5.50. The number of rotatable bonds is 2. The van der Waals surface area contributed by atoms with Crippen LogP contribution in [0.2, 0.25) is 0 Å². The third-order valence-electron chi connectivity index (χ3n) is 1.37. The van der Waals surface area contributed by atoms with E-state index in [0.29, 0.717) is 5.75 Å². The maximum Gasteiger partial charge on any atom is 0.451 e. The first-order chi connectivity index (χ1) is 6.68. The van der Waals surface area contributed by atoms with E-state index in [1.165, 1.54) is 11.8 Å². The fourth-order valence-corrected chi connectivity index (χ4v) is 1.55. The minimum atomic E-state index is -4.45. The van der Waals surface area contributed by atoms with Crippen LogP contribution >= 0.6 is 11.8 Å². The van der Waals surface area contributed by atoms with E-state index >= 15 is 0 Å². The van der Waals surface area contributed by atoms with Crippen molar-refractivity contribution >= 4 is 11.8 Å². The third kappa shape index (κ3) is 4.11. The highest BCUT2D eigenvalue weighted by atomic mass is 32.2. The Balaban J connectivity index is 2.62. The van der Waals surface area contributed by atoms with E-state index in [1.807, 2.05) is 25.9 Å². The molecule has 0 aromatic carbocycles. The van der Waals surface area contributed by atoms with E-state index in [1.54, 1.807) is 0 Å². The van der Waals surface area contributed by atoms with Crippen molar-refractivity contribution in [1.82, 2.24) is 15.2 Å². The number of nitrogens with one attached hydrogen (secondary N) is 1. The molecule has 15 heavy (non-hydrogen) atoms. The number of thioether (sulfide) groups is 1. The lowest BCUT2D eigenvalue weighted by molar-refractivity contribution is -0.144. The number of hydrogen-bond donors (Lipinski definition) is 1. The smallest absolute Gasteiger partial charge is 0.254 e. The Morgan fingerprint density at radius 3 is 2.27 bits per heavy atom. The van der Waals surface area contributed by atoms with Crippen LogP contribution in [-0.2, 0) is 6.18 Å². The fourth-order valence-electron chi connectivity index (χ4n) is 0.719. The van der Waals surface area contributed by atoms with Crippen LogP contribution in [0.4, 0.5) is 13.2 Å². The quantitative estimate of drug-likeness (QED) is 0.807. The van der Waals surface area contributed by atoms with Gasteiger partial charge in [-0.15, -0.1) is 5.10 Å². The molecule has 1 rings (SSSR count). The van der Waals surface area contributed by atoms with Gasteiger partial charge >= 0.3 is 6.18 Å². The van der Waals surface area contributed by atoms with E-state index in [9.17, 15) is 13.2 Å². The SMILES string of the molecule is CC(C)(C)CSc1n[nH]c(C(F)(F)F)n1. The van der Waals surface area contributed by atoms with Gasteiger partial charge in [-0.05, 0) is 5.41 Å². The summed E-state index contributed by atoms with van der Waals surface area (Å²) in [7, 11) is 0. The van der Waals surface area contributed by atoms with Crippen molar-refractivity contribution in [2.45, 2.75) is 32.1 Å². The van der Waals surface area contributed by atoms with Crippen LogP contribution in [0.25, 0.3) is 0 Å². The monoisotopic (exact) mass is 239 g/mol. The van der Waals surface area contributed by atoms with Crippen molar-refractivity contribution in [3.63, 3.8) is 0 Å². The molecule has 1 aromatic heterocycles. The molecule has 3 nitrogen and oxygen atoms in total. The second-order valence-electron chi connectivity index (χ2n) is 4.31. The molecular formula is C8H12F3N3S. The van der Waals surface area contributed by atoms with Crippen LogP contribution in [0.3, 0.4) is 0 Å². The predicted molar refractivity (Wildman–Crippen MR) is 51.6 cm³/mol. The predicted octanol–water partition coefficient (Wildman–Crippen LogP) is 2.96. The molecule has 0 fully saturated rings. The van der Waals surface area contributed by atoms with E-state index in [0.717, 1.165) is 0 Å². The first-order valence-electron chi connectivity index (χ1n) is 4.31. The summed E-state index contributed by atoms with van der Waals surface area (Å²) in [4.78, 5) is 3.36. The van der Waals surface area contributed by atoms with Crippen molar-refractivity contribution in [3.8, 4) is 0 Å². The molecule has 0 unspecified atom stereocenters. The van der Waals surface area contributed by atoms with Crippen LogP contribution < -0.4 is 0 Å². The third-order valence-corrected chi connectivity index (χ3v) is 2.82. The Morgan fingerprint density at radius 2 is 1.87 bits per heavy atom. The lowest BCUT2D eigenvalue weighted by atomic mass is 10.0. The van der Waals surface area contributed by atoms with Gasteiger partial charge in [-0.1, -0.05) is 32.5 Å². The van der Waals surface area contributed by atoms with Gasteiger partial charge in [0.15, 0.2) is 0 Å². The van der Waals surface area contributed by atoms with Crippen molar-refractivity contribution < 1.29 is 13.2 Å². The largest absolute Gasteiger partial charge is 0.451 e. The summed E-state index contributed by atoms with van der Waals surface area (Å²) in [6.07, 6.45) is -4.45. The van der Waals surface area contributed by atoms with Gasteiger partial charge in [0.2, 0.25) is 11.0 Å². The Kier molecular flexibility index (Phi) is 3.32. The molecule has 86 valence electrons. The summed E-state index contributed by atoms with van der Waals surface area (Å²) in [5.74, 6) is -0.374. The number of alkyl halides is 3. The van der Waals surface area contributed by atoms with Gasteiger partial charge in [-0.25, -0.2) is 0 Å².